The average Bonchev–Trinajstić information content (AvgIpc) is 3.27. The molecule has 1 atom stereocenters. The zero-order valence-corrected chi connectivity index (χ0v) is 25.7. The van der Waals surface area contributed by atoms with Crippen LogP contribution in [0, 0.1) is 5.82 Å². The summed E-state index contributed by atoms with van der Waals surface area (Å²) in [4.78, 5) is 0. The van der Waals surface area contributed by atoms with Crippen LogP contribution in [0.25, 0.3) is 0 Å². The van der Waals surface area contributed by atoms with Gasteiger partial charge in [0.15, 0.2) is 0 Å². The van der Waals surface area contributed by atoms with Crippen molar-refractivity contribution < 1.29 is 14.1 Å². The van der Waals surface area contributed by atoms with Crippen LogP contribution in [0.5, 0.6) is 5.75 Å². The van der Waals surface area contributed by atoms with E-state index >= 15 is 8.96 Å². The number of phenols is 1. The number of anilines is 2. The van der Waals surface area contributed by atoms with Gasteiger partial charge >= 0.3 is 0 Å². The Morgan fingerprint density at radius 3 is 1.54 bits per heavy atom. The highest BCUT2D eigenvalue weighted by atomic mass is 31.2. The number of benzene rings is 4. The van der Waals surface area contributed by atoms with E-state index in [-0.39, 0.29) is 5.75 Å². The van der Waals surface area contributed by atoms with E-state index in [4.69, 9.17) is 0 Å². The molecule has 5 rings (SSSR count). The summed E-state index contributed by atoms with van der Waals surface area (Å²) < 4.78 is 36.1. The summed E-state index contributed by atoms with van der Waals surface area (Å²) in [5.41, 5.74) is 2.66. The van der Waals surface area contributed by atoms with Crippen LogP contribution in [0.1, 0.15) is 69.5 Å². The third kappa shape index (κ3) is 5.28. The topological polar surface area (TPSA) is 43.8 Å². The van der Waals surface area contributed by atoms with Gasteiger partial charge in [0.05, 0.1) is 0 Å². The third-order valence-corrected chi connectivity index (χ3v) is 11.4. The number of hydrogen-bond donors (Lipinski definition) is 1. The highest BCUT2D eigenvalue weighted by Gasteiger charge is 2.51. The number of para-hydroxylation sites is 2. The Hall–Kier alpha value is -3.56. The molecule has 1 fully saturated rings. The summed E-state index contributed by atoms with van der Waals surface area (Å²) >= 11 is 0. The predicted molar refractivity (Wildman–Crippen MR) is 169 cm³/mol. The minimum absolute atomic E-state index is 0.241. The van der Waals surface area contributed by atoms with Crippen molar-refractivity contribution in [3.63, 3.8) is 0 Å². The quantitative estimate of drug-likeness (QED) is 0.243. The van der Waals surface area contributed by atoms with Gasteiger partial charge in [-0.15, -0.1) is 0 Å². The molecule has 6 heteroatoms. The smallest absolute Gasteiger partial charge is 0.274 e. The van der Waals surface area contributed by atoms with Crippen molar-refractivity contribution in [3.05, 3.63) is 125 Å². The number of rotatable bonds is 5. The molecule has 0 spiro atoms. The average molecular weight is 571 g/mol. The van der Waals surface area contributed by atoms with Crippen molar-refractivity contribution in [1.29, 1.82) is 0 Å². The molecular weight excluding hydrogens is 530 g/mol. The van der Waals surface area contributed by atoms with Gasteiger partial charge in [-0.1, -0.05) is 108 Å². The van der Waals surface area contributed by atoms with Gasteiger partial charge in [0.2, 0.25) is 0 Å². The molecular formula is C35H40FN2O2P. The van der Waals surface area contributed by atoms with Gasteiger partial charge in [0.1, 0.15) is 17.2 Å². The fourth-order valence-corrected chi connectivity index (χ4v) is 9.49. The minimum atomic E-state index is -3.63. The minimum Gasteiger partial charge on any atom is -0.507 e. The Balaban J connectivity index is 1.88. The van der Waals surface area contributed by atoms with Crippen molar-refractivity contribution in [2.24, 2.45) is 0 Å². The van der Waals surface area contributed by atoms with Crippen molar-refractivity contribution in [2.45, 2.75) is 58.0 Å². The lowest BCUT2D eigenvalue weighted by molar-refractivity contribution is 0.422. The molecule has 1 saturated heterocycles. The fraction of sp³-hybridized carbons (Fsp3) is 0.314. The molecule has 1 aliphatic rings. The molecule has 0 saturated carbocycles. The maximum absolute atomic E-state index is 16.2. The van der Waals surface area contributed by atoms with Crippen LogP contribution >= 0.6 is 7.44 Å². The highest BCUT2D eigenvalue weighted by Crippen LogP contribution is 2.71. The summed E-state index contributed by atoms with van der Waals surface area (Å²) in [7, 11) is -3.63. The van der Waals surface area contributed by atoms with Crippen LogP contribution in [0.15, 0.2) is 97.1 Å². The Bertz CT molecular complexity index is 1490. The first-order valence-corrected chi connectivity index (χ1v) is 15.9. The van der Waals surface area contributed by atoms with Crippen LogP contribution in [0.2, 0.25) is 0 Å². The summed E-state index contributed by atoms with van der Waals surface area (Å²) in [5, 5.41) is 11.5. The van der Waals surface area contributed by atoms with E-state index in [1.807, 2.05) is 88.2 Å². The molecule has 1 unspecified atom stereocenters. The van der Waals surface area contributed by atoms with Crippen LogP contribution in [0.3, 0.4) is 0 Å². The van der Waals surface area contributed by atoms with Crippen molar-refractivity contribution in [2.75, 3.05) is 22.4 Å². The molecule has 4 aromatic rings. The Kier molecular flexibility index (Phi) is 7.55. The van der Waals surface area contributed by atoms with Gasteiger partial charge < -0.3 is 14.4 Å². The Morgan fingerprint density at radius 2 is 1.12 bits per heavy atom. The van der Waals surface area contributed by atoms with Gasteiger partial charge in [-0.25, -0.2) is 4.39 Å². The second kappa shape index (κ2) is 10.7. The monoisotopic (exact) mass is 570 g/mol. The van der Waals surface area contributed by atoms with E-state index < -0.39 is 29.7 Å². The van der Waals surface area contributed by atoms with E-state index in [1.54, 1.807) is 12.1 Å². The number of aromatic hydroxyl groups is 1. The van der Waals surface area contributed by atoms with E-state index in [0.29, 0.717) is 18.7 Å². The molecule has 41 heavy (non-hydrogen) atoms. The number of halogens is 1. The molecule has 0 bridgehead atoms. The number of nitrogens with zero attached hydrogens (tertiary/aromatic N) is 2. The standard InChI is InChI=1S/C35H40FN2O2P/c1-34(2,3)29-23-25(24-30(32(29)39)35(4,5)6)33(28-19-13-14-20-31(28)36)41(40)37(26-15-9-7-10-16-26)21-22-38(41)27-17-11-8-12-18-27/h7-20,23-24,33,39H,21-22H2,1-6H3. The first-order chi connectivity index (χ1) is 19.3. The Morgan fingerprint density at radius 1 is 0.707 bits per heavy atom. The molecule has 0 amide bonds. The second-order valence-electron chi connectivity index (χ2n) is 12.9. The molecule has 4 nitrogen and oxygen atoms in total. The van der Waals surface area contributed by atoms with Crippen LogP contribution in [-0.4, -0.2) is 18.2 Å². The normalized spacial score (nSPS) is 16.2. The van der Waals surface area contributed by atoms with Crippen LogP contribution in [-0.2, 0) is 15.4 Å². The molecule has 0 radical (unpaired) electrons. The van der Waals surface area contributed by atoms with E-state index in [2.05, 4.69) is 41.5 Å². The zero-order chi connectivity index (χ0) is 29.6. The second-order valence-corrected chi connectivity index (χ2v) is 15.6. The SMILES string of the molecule is CC(C)(C)c1cc(C(c2ccccc2F)P2(=O)N(c3ccccc3)CCN2c2ccccc2)cc(C(C)(C)C)c1O. The van der Waals surface area contributed by atoms with Gasteiger partial charge in [-0.2, -0.15) is 0 Å². The van der Waals surface area contributed by atoms with Gasteiger partial charge in [-0.3, -0.25) is 4.57 Å². The van der Waals surface area contributed by atoms with Crippen molar-refractivity contribution in [1.82, 2.24) is 0 Å². The lowest BCUT2D eigenvalue weighted by atomic mass is 9.78. The summed E-state index contributed by atoms with van der Waals surface area (Å²) in [6.45, 7) is 13.4. The molecule has 1 N–H and O–H groups in total. The highest BCUT2D eigenvalue weighted by molar-refractivity contribution is 7.68. The maximum Gasteiger partial charge on any atom is 0.274 e. The molecule has 0 aliphatic carbocycles. The van der Waals surface area contributed by atoms with Gasteiger partial charge in [-0.05, 0) is 57.9 Å². The van der Waals surface area contributed by atoms with Crippen LogP contribution in [0.4, 0.5) is 15.8 Å². The molecule has 1 aliphatic heterocycles. The molecule has 4 aromatic carbocycles. The third-order valence-electron chi connectivity index (χ3n) is 7.92. The first-order valence-electron chi connectivity index (χ1n) is 14.2. The van der Waals surface area contributed by atoms with Crippen molar-refractivity contribution >= 4 is 18.8 Å². The molecule has 1 heterocycles. The maximum atomic E-state index is 16.2. The first kappa shape index (κ1) is 29.0. The summed E-state index contributed by atoms with van der Waals surface area (Å²) in [6, 6.07) is 30.1. The van der Waals surface area contributed by atoms with E-state index in [9.17, 15) is 5.11 Å². The Labute approximate surface area is 243 Å². The fourth-order valence-electron chi connectivity index (χ4n) is 5.88. The van der Waals surface area contributed by atoms with Crippen molar-refractivity contribution in [3.8, 4) is 5.75 Å². The van der Waals surface area contributed by atoms with E-state index in [1.165, 1.54) is 6.07 Å². The molecule has 214 valence electrons. The van der Waals surface area contributed by atoms with Crippen LogP contribution < -0.4 is 9.34 Å². The predicted octanol–water partition coefficient (Wildman–Crippen LogP) is 9.44. The summed E-state index contributed by atoms with van der Waals surface area (Å²) in [6.07, 6.45) is 0. The number of hydrogen-bond acceptors (Lipinski definition) is 2. The van der Waals surface area contributed by atoms with E-state index in [0.717, 1.165) is 28.1 Å². The lowest BCUT2D eigenvalue weighted by Crippen LogP contribution is -2.26. The lowest BCUT2D eigenvalue weighted by Gasteiger charge is -2.39. The van der Waals surface area contributed by atoms with Gasteiger partial charge in [0.25, 0.3) is 7.44 Å². The summed E-state index contributed by atoms with van der Waals surface area (Å²) in [5.74, 6) is -0.158. The largest absolute Gasteiger partial charge is 0.507 e. The molecule has 0 aromatic heterocycles. The number of phenolic OH excluding ortho intramolecular Hbond substituents is 1. The van der Waals surface area contributed by atoms with Gasteiger partial charge in [0, 0.05) is 30.0 Å². The zero-order valence-electron chi connectivity index (χ0n) is 24.8.